The van der Waals surface area contributed by atoms with Crippen LogP contribution in [0.2, 0.25) is 0 Å². The normalized spacial score (nSPS) is 13.3. The Bertz CT molecular complexity index is 641. The molecule has 0 aliphatic rings. The van der Waals surface area contributed by atoms with E-state index >= 15 is 0 Å². The highest BCUT2D eigenvalue weighted by Gasteiger charge is 2.04. The molecule has 0 radical (unpaired) electrons. The van der Waals surface area contributed by atoms with Gasteiger partial charge in [-0.2, -0.15) is 0 Å². The number of carbonyl (C=O) groups excluding carboxylic acids is 1. The van der Waals surface area contributed by atoms with Gasteiger partial charge in [0, 0.05) is 18.9 Å². The number of furan rings is 1. The van der Waals surface area contributed by atoms with Crippen molar-refractivity contribution >= 4 is 5.91 Å². The summed E-state index contributed by atoms with van der Waals surface area (Å²) >= 11 is 0. The van der Waals surface area contributed by atoms with E-state index in [-0.39, 0.29) is 18.6 Å². The van der Waals surface area contributed by atoms with Gasteiger partial charge in [0.05, 0.1) is 12.9 Å². The topological polar surface area (TPSA) is 62.5 Å². The summed E-state index contributed by atoms with van der Waals surface area (Å²) in [5, 5.41) is 11.6. The van der Waals surface area contributed by atoms with E-state index in [9.17, 15) is 4.79 Å². The van der Waals surface area contributed by atoms with Gasteiger partial charge in [0.15, 0.2) is 0 Å². The minimum Gasteiger partial charge on any atom is -0.469 e. The van der Waals surface area contributed by atoms with Crippen molar-refractivity contribution in [1.29, 1.82) is 0 Å². The second-order valence-electron chi connectivity index (χ2n) is 7.46. The lowest BCUT2D eigenvalue weighted by molar-refractivity contribution is -0.122. The first kappa shape index (κ1) is 25.7. The van der Waals surface area contributed by atoms with Crippen LogP contribution in [0, 0.1) is 0 Å². The largest absolute Gasteiger partial charge is 0.469 e. The molecular formula is C26H39NO3. The number of hydrogen-bond acceptors (Lipinski definition) is 3. The number of hydrogen-bond donors (Lipinski definition) is 2. The molecule has 0 aromatic carbocycles. The molecule has 0 aliphatic heterocycles. The molecule has 1 aromatic rings. The van der Waals surface area contributed by atoms with Crippen LogP contribution >= 0.6 is 0 Å². The Morgan fingerprint density at radius 3 is 2.13 bits per heavy atom. The fraction of sp³-hybridized carbons (Fsp3) is 0.500. The van der Waals surface area contributed by atoms with Gasteiger partial charge >= 0.3 is 0 Å². The molecule has 0 saturated heterocycles. The third-order valence-corrected chi connectivity index (χ3v) is 4.56. The number of aryl methyl sites for hydroxylation is 1. The van der Waals surface area contributed by atoms with Gasteiger partial charge in [0.25, 0.3) is 0 Å². The van der Waals surface area contributed by atoms with Crippen molar-refractivity contribution in [2.45, 2.75) is 77.2 Å². The van der Waals surface area contributed by atoms with E-state index in [2.05, 4.69) is 53.9 Å². The molecule has 1 rings (SSSR count). The van der Waals surface area contributed by atoms with Crippen LogP contribution in [0.4, 0.5) is 0 Å². The highest BCUT2D eigenvalue weighted by atomic mass is 16.3. The molecule has 2 N–H and O–H groups in total. The fourth-order valence-electron chi connectivity index (χ4n) is 2.84. The Morgan fingerprint density at radius 1 is 0.967 bits per heavy atom. The standard InChI is InChI=1S/C26H39NO3/c1-24(23-28)27-26(29)21-17-15-13-11-9-7-5-3-2-4-6-8-10-12-14-16-19-25-20-18-22-30-25/h2,4-5,7-8,10-11,13,18,20,22,24,28H,3,6,9,12,14-17,19,21,23H2,1H3,(H,27,29)/b4-2-,7-5-,10-8-,13-11-/t24-/m1/s1. The first-order valence-corrected chi connectivity index (χ1v) is 11.2. The predicted molar refractivity (Wildman–Crippen MR) is 125 cm³/mol. The van der Waals surface area contributed by atoms with Gasteiger partial charge in [0.1, 0.15) is 5.76 Å². The minimum absolute atomic E-state index is 0.0107. The Kier molecular flexibility index (Phi) is 16.0. The Morgan fingerprint density at radius 2 is 1.57 bits per heavy atom. The van der Waals surface area contributed by atoms with Crippen LogP contribution in [-0.4, -0.2) is 23.7 Å². The van der Waals surface area contributed by atoms with Crippen LogP contribution in [0.1, 0.15) is 70.5 Å². The van der Waals surface area contributed by atoms with Crippen LogP contribution in [0.25, 0.3) is 0 Å². The second kappa shape index (κ2) is 18.7. The van der Waals surface area contributed by atoms with Gasteiger partial charge < -0.3 is 14.8 Å². The van der Waals surface area contributed by atoms with E-state index in [4.69, 9.17) is 9.52 Å². The van der Waals surface area contributed by atoms with Crippen LogP contribution in [-0.2, 0) is 11.2 Å². The molecule has 0 aliphatic carbocycles. The summed E-state index contributed by atoms with van der Waals surface area (Å²) < 4.78 is 5.33. The SMILES string of the molecule is C[C@H](CO)NC(=O)CCC/C=C\C/C=C\C/C=C\C/C=C\CCCCc1ccco1. The molecule has 0 saturated carbocycles. The maximum Gasteiger partial charge on any atom is 0.220 e. The molecule has 0 bridgehead atoms. The summed E-state index contributed by atoms with van der Waals surface area (Å²) in [4.78, 5) is 11.5. The summed E-state index contributed by atoms with van der Waals surface area (Å²) in [5.74, 6) is 1.09. The number of amides is 1. The van der Waals surface area contributed by atoms with Crippen molar-refractivity contribution in [2.24, 2.45) is 0 Å². The summed E-state index contributed by atoms with van der Waals surface area (Å²) in [6.45, 7) is 1.78. The Hall–Kier alpha value is -2.33. The van der Waals surface area contributed by atoms with Gasteiger partial charge in [0.2, 0.25) is 5.91 Å². The van der Waals surface area contributed by atoms with Crippen molar-refractivity contribution in [1.82, 2.24) is 5.32 Å². The van der Waals surface area contributed by atoms with Gasteiger partial charge in [-0.25, -0.2) is 0 Å². The molecule has 0 fully saturated rings. The Balaban J connectivity index is 1.90. The number of aliphatic hydroxyl groups is 1. The predicted octanol–water partition coefficient (Wildman–Crippen LogP) is 6.05. The van der Waals surface area contributed by atoms with Crippen LogP contribution in [0.15, 0.2) is 71.4 Å². The van der Waals surface area contributed by atoms with E-state index in [1.165, 1.54) is 12.8 Å². The molecular weight excluding hydrogens is 374 g/mol. The number of carbonyl (C=O) groups is 1. The molecule has 0 unspecified atom stereocenters. The molecule has 0 spiro atoms. The number of allylic oxidation sites excluding steroid dienone is 8. The lowest BCUT2D eigenvalue weighted by Gasteiger charge is -2.09. The summed E-state index contributed by atoms with van der Waals surface area (Å²) in [6, 6.07) is 3.82. The summed E-state index contributed by atoms with van der Waals surface area (Å²) in [5.41, 5.74) is 0. The van der Waals surface area contributed by atoms with Crippen LogP contribution in [0.3, 0.4) is 0 Å². The zero-order valence-corrected chi connectivity index (χ0v) is 18.5. The number of nitrogens with one attached hydrogen (secondary N) is 1. The molecule has 30 heavy (non-hydrogen) atoms. The number of aliphatic hydroxyl groups excluding tert-OH is 1. The molecule has 4 heteroatoms. The van der Waals surface area contributed by atoms with E-state index in [0.29, 0.717) is 6.42 Å². The van der Waals surface area contributed by atoms with Crippen molar-refractivity contribution in [3.8, 4) is 0 Å². The zero-order chi connectivity index (χ0) is 21.7. The first-order chi connectivity index (χ1) is 14.7. The van der Waals surface area contributed by atoms with Gasteiger partial charge in [-0.15, -0.1) is 0 Å². The zero-order valence-electron chi connectivity index (χ0n) is 18.5. The third-order valence-electron chi connectivity index (χ3n) is 4.56. The summed E-state index contributed by atoms with van der Waals surface area (Å²) in [6.07, 6.45) is 29.0. The Labute approximate surface area is 182 Å². The average Bonchev–Trinajstić information content (AvgIpc) is 3.26. The second-order valence-corrected chi connectivity index (χ2v) is 7.46. The average molecular weight is 414 g/mol. The van der Waals surface area contributed by atoms with Gasteiger partial charge in [-0.05, 0) is 70.4 Å². The van der Waals surface area contributed by atoms with E-state index in [1.54, 1.807) is 13.2 Å². The van der Waals surface area contributed by atoms with E-state index < -0.39 is 0 Å². The molecule has 1 atom stereocenters. The maximum atomic E-state index is 11.5. The van der Waals surface area contributed by atoms with Crippen molar-refractivity contribution in [3.63, 3.8) is 0 Å². The number of rotatable bonds is 17. The lowest BCUT2D eigenvalue weighted by atomic mass is 10.1. The number of unbranched alkanes of at least 4 members (excludes halogenated alkanes) is 3. The smallest absolute Gasteiger partial charge is 0.220 e. The quantitative estimate of drug-likeness (QED) is 0.241. The van der Waals surface area contributed by atoms with Crippen molar-refractivity contribution in [2.75, 3.05) is 6.61 Å². The van der Waals surface area contributed by atoms with E-state index in [1.807, 2.05) is 12.1 Å². The van der Waals surface area contributed by atoms with Crippen LogP contribution in [0.5, 0.6) is 0 Å². The molecule has 1 aromatic heterocycles. The third kappa shape index (κ3) is 15.6. The lowest BCUT2D eigenvalue weighted by Crippen LogP contribution is -2.34. The maximum absolute atomic E-state index is 11.5. The molecule has 166 valence electrons. The van der Waals surface area contributed by atoms with Gasteiger partial charge in [-0.3, -0.25) is 4.79 Å². The molecule has 1 amide bonds. The van der Waals surface area contributed by atoms with E-state index in [0.717, 1.165) is 50.7 Å². The molecule has 4 nitrogen and oxygen atoms in total. The van der Waals surface area contributed by atoms with Crippen molar-refractivity contribution in [3.05, 3.63) is 72.8 Å². The summed E-state index contributed by atoms with van der Waals surface area (Å²) in [7, 11) is 0. The highest BCUT2D eigenvalue weighted by Crippen LogP contribution is 2.07. The van der Waals surface area contributed by atoms with Crippen LogP contribution < -0.4 is 5.32 Å². The molecule has 1 heterocycles. The van der Waals surface area contributed by atoms with Gasteiger partial charge in [-0.1, -0.05) is 48.6 Å². The van der Waals surface area contributed by atoms with Crippen molar-refractivity contribution < 1.29 is 14.3 Å². The first-order valence-electron chi connectivity index (χ1n) is 11.2. The highest BCUT2D eigenvalue weighted by molar-refractivity contribution is 5.76. The monoisotopic (exact) mass is 413 g/mol. The minimum atomic E-state index is -0.161. The fourth-order valence-corrected chi connectivity index (χ4v) is 2.84.